The molecule has 5 nitrogen and oxygen atoms in total. The number of nitrogens with zero attached hydrogens (tertiary/aromatic N) is 1. The molecule has 0 aromatic carbocycles. The highest BCUT2D eigenvalue weighted by Crippen LogP contribution is 2.35. The lowest BCUT2D eigenvalue weighted by molar-refractivity contribution is 0.0385. The molecule has 100 valence electrons. The maximum Gasteiger partial charge on any atom is 0.279 e. The molecule has 0 amide bonds. The highest BCUT2D eigenvalue weighted by molar-refractivity contribution is 7.87. The molecule has 1 heterocycles. The molecule has 2 aliphatic rings. The van der Waals surface area contributed by atoms with Crippen LogP contribution < -0.4 is 4.72 Å². The average molecular weight is 262 g/mol. The van der Waals surface area contributed by atoms with Crippen LogP contribution in [-0.2, 0) is 10.2 Å². The van der Waals surface area contributed by atoms with Crippen LogP contribution in [0.25, 0.3) is 0 Å². The summed E-state index contributed by atoms with van der Waals surface area (Å²) in [6.45, 7) is 0.580. The fraction of sp³-hybridized carbons (Fsp3) is 1.00. The van der Waals surface area contributed by atoms with Crippen molar-refractivity contribution in [1.82, 2.24) is 9.03 Å². The average Bonchev–Trinajstić information content (AvgIpc) is 2.79. The maximum absolute atomic E-state index is 11.9. The van der Waals surface area contributed by atoms with E-state index in [0.717, 1.165) is 38.5 Å². The first-order chi connectivity index (χ1) is 8.06. The van der Waals surface area contributed by atoms with Gasteiger partial charge in [0, 0.05) is 25.6 Å². The van der Waals surface area contributed by atoms with Crippen molar-refractivity contribution in [2.24, 2.45) is 5.92 Å². The minimum absolute atomic E-state index is 0.0113. The molecular weight excluding hydrogens is 240 g/mol. The van der Waals surface area contributed by atoms with E-state index >= 15 is 0 Å². The van der Waals surface area contributed by atoms with Gasteiger partial charge >= 0.3 is 0 Å². The number of aliphatic hydroxyl groups is 1. The number of aliphatic hydroxyl groups excluding tert-OH is 1. The van der Waals surface area contributed by atoms with Crippen LogP contribution in [0.3, 0.4) is 0 Å². The lowest BCUT2D eigenvalue weighted by atomic mass is 9.81. The number of nitrogens with one attached hydrogen (secondary N) is 1. The Morgan fingerprint density at radius 2 is 1.88 bits per heavy atom. The largest absolute Gasteiger partial charge is 0.393 e. The standard InChI is InChI=1S/C11H22N2O3S/c1-12-17(15,16)13-8-4-6-10(13)9-5-2-3-7-11(9)14/h9-12,14H,2-8H2,1H3. The second-order valence-electron chi connectivity index (χ2n) is 5.05. The molecule has 2 fully saturated rings. The third kappa shape index (κ3) is 2.65. The van der Waals surface area contributed by atoms with E-state index in [4.69, 9.17) is 0 Å². The van der Waals surface area contributed by atoms with Crippen molar-refractivity contribution < 1.29 is 13.5 Å². The molecule has 3 unspecified atom stereocenters. The molecule has 1 saturated heterocycles. The topological polar surface area (TPSA) is 69.6 Å². The molecule has 17 heavy (non-hydrogen) atoms. The first-order valence-electron chi connectivity index (χ1n) is 6.44. The van der Waals surface area contributed by atoms with Crippen LogP contribution in [0.2, 0.25) is 0 Å². The number of hydrogen-bond donors (Lipinski definition) is 2. The van der Waals surface area contributed by atoms with Gasteiger partial charge in [0.05, 0.1) is 6.10 Å². The first-order valence-corrected chi connectivity index (χ1v) is 7.88. The molecule has 6 heteroatoms. The Kier molecular flexibility index (Phi) is 4.07. The van der Waals surface area contributed by atoms with Crippen molar-refractivity contribution in [2.75, 3.05) is 13.6 Å². The van der Waals surface area contributed by atoms with Crippen LogP contribution in [0.5, 0.6) is 0 Å². The highest BCUT2D eigenvalue weighted by Gasteiger charge is 2.41. The predicted octanol–water partition coefficient (Wildman–Crippen LogP) is 0.466. The van der Waals surface area contributed by atoms with Crippen molar-refractivity contribution in [3.05, 3.63) is 0 Å². The van der Waals surface area contributed by atoms with Gasteiger partial charge in [0.15, 0.2) is 0 Å². The maximum atomic E-state index is 11.9. The Bertz CT molecular complexity index is 358. The Balaban J connectivity index is 2.14. The first kappa shape index (κ1) is 13.3. The molecule has 2 rings (SSSR count). The zero-order chi connectivity index (χ0) is 12.5. The third-order valence-electron chi connectivity index (χ3n) is 4.09. The van der Waals surface area contributed by atoms with Crippen LogP contribution in [0.15, 0.2) is 0 Å². The Labute approximate surface area is 103 Å². The Morgan fingerprint density at radius 3 is 2.53 bits per heavy atom. The fourth-order valence-corrected chi connectivity index (χ4v) is 4.42. The van der Waals surface area contributed by atoms with Gasteiger partial charge in [-0.3, -0.25) is 0 Å². The van der Waals surface area contributed by atoms with Crippen LogP contribution >= 0.6 is 0 Å². The van der Waals surface area contributed by atoms with Gasteiger partial charge in [-0.05, 0) is 25.7 Å². The molecule has 1 aliphatic carbocycles. The smallest absolute Gasteiger partial charge is 0.279 e. The van der Waals surface area contributed by atoms with Crippen molar-refractivity contribution in [1.29, 1.82) is 0 Å². The molecule has 0 aromatic rings. The quantitative estimate of drug-likeness (QED) is 0.776. The zero-order valence-electron chi connectivity index (χ0n) is 10.3. The van der Waals surface area contributed by atoms with E-state index in [-0.39, 0.29) is 18.1 Å². The highest BCUT2D eigenvalue weighted by atomic mass is 32.2. The summed E-state index contributed by atoms with van der Waals surface area (Å²) in [5.41, 5.74) is 0. The van der Waals surface area contributed by atoms with Gasteiger partial charge in [0.25, 0.3) is 10.2 Å². The minimum atomic E-state index is -3.35. The summed E-state index contributed by atoms with van der Waals surface area (Å²) in [4.78, 5) is 0. The van der Waals surface area contributed by atoms with E-state index < -0.39 is 10.2 Å². The normalized spacial score (nSPS) is 36.2. The molecule has 0 aromatic heterocycles. The van der Waals surface area contributed by atoms with Gasteiger partial charge in [0.2, 0.25) is 0 Å². The molecule has 2 N–H and O–H groups in total. The van der Waals surface area contributed by atoms with Crippen LogP contribution in [0.4, 0.5) is 0 Å². The van der Waals surface area contributed by atoms with Crippen LogP contribution in [-0.4, -0.2) is 43.6 Å². The third-order valence-corrected chi connectivity index (χ3v) is 5.68. The molecule has 1 aliphatic heterocycles. The molecule has 3 atom stereocenters. The number of hydrogen-bond acceptors (Lipinski definition) is 3. The monoisotopic (exact) mass is 262 g/mol. The summed E-state index contributed by atoms with van der Waals surface area (Å²) in [7, 11) is -1.90. The molecular formula is C11H22N2O3S. The van der Waals surface area contributed by atoms with Gasteiger partial charge in [-0.25, -0.2) is 4.72 Å². The Morgan fingerprint density at radius 1 is 1.18 bits per heavy atom. The van der Waals surface area contributed by atoms with Gasteiger partial charge in [0.1, 0.15) is 0 Å². The molecule has 0 bridgehead atoms. The van der Waals surface area contributed by atoms with Crippen molar-refractivity contribution in [2.45, 2.75) is 50.7 Å². The van der Waals surface area contributed by atoms with Gasteiger partial charge in [-0.15, -0.1) is 0 Å². The lowest BCUT2D eigenvalue weighted by Crippen LogP contribution is -2.48. The summed E-state index contributed by atoms with van der Waals surface area (Å²) in [5.74, 6) is 0.120. The minimum Gasteiger partial charge on any atom is -0.393 e. The SMILES string of the molecule is CNS(=O)(=O)N1CCCC1C1CCCCC1O. The van der Waals surface area contributed by atoms with E-state index in [9.17, 15) is 13.5 Å². The van der Waals surface area contributed by atoms with Gasteiger partial charge in [-0.2, -0.15) is 12.7 Å². The van der Waals surface area contributed by atoms with E-state index in [1.54, 1.807) is 4.31 Å². The van der Waals surface area contributed by atoms with E-state index in [2.05, 4.69) is 4.72 Å². The van der Waals surface area contributed by atoms with Crippen LogP contribution in [0, 0.1) is 5.92 Å². The predicted molar refractivity (Wildman–Crippen MR) is 65.7 cm³/mol. The van der Waals surface area contributed by atoms with E-state index in [0.29, 0.717) is 6.54 Å². The lowest BCUT2D eigenvalue weighted by Gasteiger charge is -2.36. The molecule has 0 radical (unpaired) electrons. The van der Waals surface area contributed by atoms with Crippen molar-refractivity contribution in [3.63, 3.8) is 0 Å². The second-order valence-corrected chi connectivity index (χ2v) is 6.87. The van der Waals surface area contributed by atoms with Crippen molar-refractivity contribution >= 4 is 10.2 Å². The number of rotatable bonds is 3. The van der Waals surface area contributed by atoms with Gasteiger partial charge < -0.3 is 5.11 Å². The summed E-state index contributed by atoms with van der Waals surface area (Å²) in [6, 6.07) is -0.0113. The van der Waals surface area contributed by atoms with E-state index in [1.165, 1.54) is 7.05 Å². The summed E-state index contributed by atoms with van der Waals surface area (Å²) < 4.78 is 27.7. The van der Waals surface area contributed by atoms with Crippen molar-refractivity contribution in [3.8, 4) is 0 Å². The molecule has 0 spiro atoms. The molecule has 1 saturated carbocycles. The zero-order valence-corrected chi connectivity index (χ0v) is 11.1. The van der Waals surface area contributed by atoms with Gasteiger partial charge in [-0.1, -0.05) is 12.8 Å². The summed E-state index contributed by atoms with van der Waals surface area (Å²) >= 11 is 0. The summed E-state index contributed by atoms with van der Waals surface area (Å²) in [6.07, 6.45) is 5.36. The fourth-order valence-electron chi connectivity index (χ4n) is 3.20. The Hall–Kier alpha value is -0.170. The summed E-state index contributed by atoms with van der Waals surface area (Å²) in [5, 5.41) is 10.0. The van der Waals surface area contributed by atoms with Crippen LogP contribution in [0.1, 0.15) is 38.5 Å². The van der Waals surface area contributed by atoms with E-state index in [1.807, 2.05) is 0 Å². The second kappa shape index (κ2) is 5.22.